The van der Waals surface area contributed by atoms with Gasteiger partial charge in [-0.05, 0) is 22.4 Å². The molecule has 0 amide bonds. The van der Waals surface area contributed by atoms with E-state index in [2.05, 4.69) is 32.8 Å². The molecule has 0 saturated heterocycles. The Kier molecular flexibility index (Phi) is 3.51. The van der Waals surface area contributed by atoms with Crippen molar-refractivity contribution in [1.29, 1.82) is 0 Å². The first-order valence-corrected chi connectivity index (χ1v) is 6.26. The molecule has 2 nitrogen and oxygen atoms in total. The van der Waals surface area contributed by atoms with Crippen LogP contribution in [0.1, 0.15) is 12.6 Å². The lowest BCUT2D eigenvalue weighted by molar-refractivity contribution is 0.984. The fraction of sp³-hybridized carbons (Fsp3) is 0.167. The number of aryl methyl sites for hydroxylation is 1. The minimum atomic E-state index is 0.606. The molecule has 1 N–H and O–H groups in total. The van der Waals surface area contributed by atoms with Gasteiger partial charge < -0.3 is 4.98 Å². The average Bonchev–Trinajstić information content (AvgIpc) is 2.33. The summed E-state index contributed by atoms with van der Waals surface area (Å²) in [4.78, 5) is 7.66. The summed E-state index contributed by atoms with van der Waals surface area (Å²) < 4.78 is 1.50. The summed E-state index contributed by atoms with van der Waals surface area (Å²) in [5.41, 5.74) is 2.13. The van der Waals surface area contributed by atoms with E-state index < -0.39 is 0 Å². The molecule has 82 valence electrons. The lowest BCUT2D eigenvalue weighted by atomic mass is 10.2. The predicted molar refractivity (Wildman–Crippen MR) is 71.9 cm³/mol. The Morgan fingerprint density at radius 1 is 1.31 bits per heavy atom. The third kappa shape index (κ3) is 2.23. The topological polar surface area (TPSA) is 28.7 Å². The zero-order chi connectivity index (χ0) is 11.5. The second-order valence-corrected chi connectivity index (χ2v) is 4.58. The van der Waals surface area contributed by atoms with Gasteiger partial charge in [0.15, 0.2) is 0 Å². The molecular formula is C12H11BrN2S. The van der Waals surface area contributed by atoms with E-state index in [4.69, 9.17) is 12.2 Å². The number of nitrogens with one attached hydrogen (secondary N) is 1. The molecule has 4 heteroatoms. The minimum absolute atomic E-state index is 0.606. The number of hydrogen-bond donors (Lipinski definition) is 1. The van der Waals surface area contributed by atoms with Gasteiger partial charge in [0.2, 0.25) is 0 Å². The summed E-state index contributed by atoms with van der Waals surface area (Å²) in [5.74, 6) is 0.825. The van der Waals surface area contributed by atoms with Crippen molar-refractivity contribution in [2.45, 2.75) is 13.3 Å². The summed E-state index contributed by atoms with van der Waals surface area (Å²) >= 11 is 8.67. The van der Waals surface area contributed by atoms with Gasteiger partial charge in [0.05, 0.1) is 4.47 Å². The zero-order valence-electron chi connectivity index (χ0n) is 8.83. The molecule has 0 unspecified atom stereocenters. The highest BCUT2D eigenvalue weighted by molar-refractivity contribution is 9.10. The van der Waals surface area contributed by atoms with Crippen LogP contribution in [-0.4, -0.2) is 9.97 Å². The maximum absolute atomic E-state index is 5.22. The Bertz CT molecular complexity index is 549. The van der Waals surface area contributed by atoms with Crippen LogP contribution in [0, 0.1) is 4.64 Å². The van der Waals surface area contributed by atoms with Crippen LogP contribution in [-0.2, 0) is 6.42 Å². The standard InChI is InChI=1S/C12H11BrN2S/c1-2-9-10(13)12(16)15-11(14-9)8-6-4-3-5-7-8/h3-7H,2H2,1H3,(H,14,15,16). The smallest absolute Gasteiger partial charge is 0.144 e. The third-order valence-electron chi connectivity index (χ3n) is 2.34. The first-order chi connectivity index (χ1) is 7.72. The molecule has 0 bridgehead atoms. The number of hydrogen-bond acceptors (Lipinski definition) is 2. The molecule has 1 aromatic heterocycles. The molecule has 1 heterocycles. The van der Waals surface area contributed by atoms with Gasteiger partial charge in [-0.15, -0.1) is 0 Å². The Morgan fingerprint density at radius 2 is 2.00 bits per heavy atom. The molecule has 0 fully saturated rings. The van der Waals surface area contributed by atoms with Crippen molar-refractivity contribution in [1.82, 2.24) is 9.97 Å². The van der Waals surface area contributed by atoms with Crippen molar-refractivity contribution in [2.75, 3.05) is 0 Å². The van der Waals surface area contributed by atoms with Crippen LogP contribution in [0.2, 0.25) is 0 Å². The zero-order valence-corrected chi connectivity index (χ0v) is 11.2. The van der Waals surface area contributed by atoms with E-state index in [1.807, 2.05) is 30.3 Å². The van der Waals surface area contributed by atoms with Crippen molar-refractivity contribution in [3.05, 3.63) is 45.1 Å². The van der Waals surface area contributed by atoms with Crippen LogP contribution in [0.4, 0.5) is 0 Å². The summed E-state index contributed by atoms with van der Waals surface area (Å²) in [7, 11) is 0. The molecule has 0 radical (unpaired) electrons. The normalized spacial score (nSPS) is 10.4. The molecule has 16 heavy (non-hydrogen) atoms. The number of halogens is 1. The SMILES string of the molecule is CCc1[nH]c(-c2ccccc2)nc(=S)c1Br. The van der Waals surface area contributed by atoms with Crippen LogP contribution in [0.15, 0.2) is 34.8 Å². The fourth-order valence-corrected chi connectivity index (χ4v) is 2.16. The Balaban J connectivity index is 2.60. The number of nitrogens with zero attached hydrogens (tertiary/aromatic N) is 1. The van der Waals surface area contributed by atoms with Crippen LogP contribution in [0.25, 0.3) is 11.4 Å². The number of aromatic nitrogens is 2. The maximum Gasteiger partial charge on any atom is 0.144 e. The first kappa shape index (κ1) is 11.5. The molecule has 0 aliphatic heterocycles. The van der Waals surface area contributed by atoms with Gasteiger partial charge in [0.1, 0.15) is 10.5 Å². The largest absolute Gasteiger partial charge is 0.342 e. The minimum Gasteiger partial charge on any atom is -0.342 e. The maximum atomic E-state index is 5.22. The van der Waals surface area contributed by atoms with Crippen LogP contribution in [0.5, 0.6) is 0 Å². The van der Waals surface area contributed by atoms with Crippen molar-refractivity contribution in [3.63, 3.8) is 0 Å². The highest BCUT2D eigenvalue weighted by Crippen LogP contribution is 2.21. The van der Waals surface area contributed by atoms with E-state index >= 15 is 0 Å². The molecule has 2 aromatic rings. The van der Waals surface area contributed by atoms with Gasteiger partial charge in [-0.1, -0.05) is 49.5 Å². The van der Waals surface area contributed by atoms with Crippen molar-refractivity contribution >= 4 is 28.1 Å². The van der Waals surface area contributed by atoms with E-state index in [1.54, 1.807) is 0 Å². The van der Waals surface area contributed by atoms with Gasteiger partial charge in [-0.2, -0.15) is 0 Å². The Labute approximate surface area is 108 Å². The highest BCUT2D eigenvalue weighted by atomic mass is 79.9. The molecular weight excluding hydrogens is 284 g/mol. The molecule has 0 atom stereocenters. The van der Waals surface area contributed by atoms with E-state index in [0.29, 0.717) is 4.64 Å². The highest BCUT2D eigenvalue weighted by Gasteiger charge is 2.05. The van der Waals surface area contributed by atoms with Crippen LogP contribution < -0.4 is 0 Å². The van der Waals surface area contributed by atoms with Crippen LogP contribution >= 0.6 is 28.1 Å². The molecule has 0 saturated carbocycles. The fourth-order valence-electron chi connectivity index (χ4n) is 1.48. The van der Waals surface area contributed by atoms with Gasteiger partial charge in [0.25, 0.3) is 0 Å². The second kappa shape index (κ2) is 4.89. The van der Waals surface area contributed by atoms with Crippen molar-refractivity contribution < 1.29 is 0 Å². The van der Waals surface area contributed by atoms with Gasteiger partial charge in [0, 0.05) is 11.3 Å². The Morgan fingerprint density at radius 3 is 2.62 bits per heavy atom. The summed E-state index contributed by atoms with van der Waals surface area (Å²) in [6.07, 6.45) is 0.895. The van der Waals surface area contributed by atoms with Crippen molar-refractivity contribution in [2.24, 2.45) is 0 Å². The lowest BCUT2D eigenvalue weighted by Crippen LogP contribution is -1.97. The number of rotatable bonds is 2. The summed E-state index contributed by atoms with van der Waals surface area (Å²) in [5, 5.41) is 0. The number of H-pyrrole nitrogens is 1. The summed E-state index contributed by atoms with van der Waals surface area (Å²) in [6, 6.07) is 9.99. The average molecular weight is 295 g/mol. The van der Waals surface area contributed by atoms with E-state index in [1.165, 1.54) is 0 Å². The Hall–Kier alpha value is -1.00. The van der Waals surface area contributed by atoms with Gasteiger partial charge in [-0.25, -0.2) is 4.98 Å². The molecule has 2 rings (SSSR count). The van der Waals surface area contributed by atoms with Crippen molar-refractivity contribution in [3.8, 4) is 11.4 Å². The second-order valence-electron chi connectivity index (χ2n) is 3.40. The van der Waals surface area contributed by atoms with E-state index in [-0.39, 0.29) is 0 Å². The van der Waals surface area contributed by atoms with Gasteiger partial charge >= 0.3 is 0 Å². The van der Waals surface area contributed by atoms with Crippen LogP contribution in [0.3, 0.4) is 0 Å². The lowest BCUT2D eigenvalue weighted by Gasteiger charge is -2.06. The molecule has 0 aliphatic rings. The predicted octanol–water partition coefficient (Wildman–Crippen LogP) is 4.13. The van der Waals surface area contributed by atoms with E-state index in [0.717, 1.165) is 28.0 Å². The van der Waals surface area contributed by atoms with Gasteiger partial charge in [-0.3, -0.25) is 0 Å². The summed E-state index contributed by atoms with van der Waals surface area (Å²) in [6.45, 7) is 2.08. The number of benzene rings is 1. The molecule has 1 aromatic carbocycles. The third-order valence-corrected chi connectivity index (χ3v) is 3.75. The quantitative estimate of drug-likeness (QED) is 0.844. The first-order valence-electron chi connectivity index (χ1n) is 5.06. The van der Waals surface area contributed by atoms with E-state index in [9.17, 15) is 0 Å². The number of aromatic amines is 1. The molecule has 0 aliphatic carbocycles. The monoisotopic (exact) mass is 294 g/mol. The molecule has 0 spiro atoms.